The molecule has 14 heavy (non-hydrogen) atoms. The molecule has 0 saturated heterocycles. The second-order valence-corrected chi connectivity index (χ2v) is 6.26. The summed E-state index contributed by atoms with van der Waals surface area (Å²) < 4.78 is 25.4. The number of hydrogen-bond acceptors (Lipinski definition) is 1. The molecule has 0 aromatic carbocycles. The van der Waals surface area contributed by atoms with Crippen molar-refractivity contribution in [3.63, 3.8) is 0 Å². The fraction of sp³-hybridized carbons (Fsp3) is 1.00. The largest absolute Gasteiger partial charge is 0.325 e. The highest BCUT2D eigenvalue weighted by molar-refractivity contribution is 5.00. The van der Waals surface area contributed by atoms with Crippen molar-refractivity contribution < 1.29 is 8.78 Å². The average molecular weight is 205 g/mol. The van der Waals surface area contributed by atoms with Crippen LogP contribution in [0.5, 0.6) is 0 Å². The molecule has 0 aromatic heterocycles. The lowest BCUT2D eigenvalue weighted by atomic mass is 9.79. The number of rotatable bonds is 3. The van der Waals surface area contributed by atoms with E-state index in [-0.39, 0.29) is 11.8 Å². The third kappa shape index (κ3) is 3.52. The van der Waals surface area contributed by atoms with Crippen LogP contribution >= 0.6 is 0 Å². The quantitative estimate of drug-likeness (QED) is 0.752. The van der Waals surface area contributed by atoms with Crippen LogP contribution in [0.4, 0.5) is 8.78 Å². The van der Waals surface area contributed by atoms with Crippen molar-refractivity contribution in [1.29, 1.82) is 0 Å². The molecule has 0 aliphatic heterocycles. The number of hydrogen-bond donors (Lipinski definition) is 1. The number of alkyl halides is 2. The molecule has 0 aromatic rings. The van der Waals surface area contributed by atoms with Crippen LogP contribution in [0.15, 0.2) is 0 Å². The van der Waals surface area contributed by atoms with Gasteiger partial charge in [-0.15, -0.1) is 0 Å². The van der Waals surface area contributed by atoms with Gasteiger partial charge in [-0.1, -0.05) is 20.8 Å². The fourth-order valence-corrected chi connectivity index (χ4v) is 2.34. The van der Waals surface area contributed by atoms with Crippen LogP contribution < -0.4 is 5.73 Å². The van der Waals surface area contributed by atoms with Crippen molar-refractivity contribution in [3.05, 3.63) is 0 Å². The van der Waals surface area contributed by atoms with Crippen molar-refractivity contribution in [1.82, 2.24) is 0 Å². The van der Waals surface area contributed by atoms with Gasteiger partial charge in [0.2, 0.25) is 0 Å². The summed E-state index contributed by atoms with van der Waals surface area (Å²) in [6.45, 7) is 8.14. The maximum absolute atomic E-state index is 12.7. The summed E-state index contributed by atoms with van der Waals surface area (Å²) in [6.07, 6.45) is 1.26. The molecule has 1 nitrogen and oxygen atoms in total. The van der Waals surface area contributed by atoms with Gasteiger partial charge in [-0.25, -0.2) is 8.78 Å². The van der Waals surface area contributed by atoms with Gasteiger partial charge in [0.25, 0.3) is 5.92 Å². The van der Waals surface area contributed by atoms with E-state index in [0.29, 0.717) is 6.42 Å². The van der Waals surface area contributed by atoms with E-state index in [9.17, 15) is 8.78 Å². The molecule has 0 bridgehead atoms. The van der Waals surface area contributed by atoms with E-state index < -0.39 is 17.4 Å². The fourth-order valence-electron chi connectivity index (χ4n) is 2.34. The molecule has 0 amide bonds. The van der Waals surface area contributed by atoms with Gasteiger partial charge in [0.15, 0.2) is 0 Å². The lowest BCUT2D eigenvalue weighted by Crippen LogP contribution is -2.40. The Bertz CT molecular complexity index is 216. The summed E-state index contributed by atoms with van der Waals surface area (Å²) in [5.74, 6) is -2.90. The Morgan fingerprint density at radius 2 is 1.71 bits per heavy atom. The van der Waals surface area contributed by atoms with Gasteiger partial charge in [0.05, 0.1) is 0 Å². The van der Waals surface area contributed by atoms with Crippen LogP contribution in [0, 0.1) is 11.3 Å². The minimum absolute atomic E-state index is 0.0317. The van der Waals surface area contributed by atoms with Gasteiger partial charge in [-0.05, 0) is 25.2 Å². The van der Waals surface area contributed by atoms with Gasteiger partial charge in [-0.2, -0.15) is 0 Å². The Morgan fingerprint density at radius 1 is 1.29 bits per heavy atom. The third-order valence-electron chi connectivity index (χ3n) is 2.60. The van der Waals surface area contributed by atoms with E-state index in [2.05, 4.69) is 20.8 Å². The molecule has 2 atom stereocenters. The highest BCUT2D eigenvalue weighted by Crippen LogP contribution is 2.53. The molecular weight excluding hydrogens is 184 g/mol. The van der Waals surface area contributed by atoms with Gasteiger partial charge in [-0.3, -0.25) is 0 Å². The first-order valence-corrected chi connectivity index (χ1v) is 5.19. The Balaban J connectivity index is 2.43. The molecule has 2 unspecified atom stereocenters. The zero-order valence-electron chi connectivity index (χ0n) is 9.53. The molecule has 1 rings (SSSR count). The monoisotopic (exact) mass is 205 g/mol. The summed E-state index contributed by atoms with van der Waals surface area (Å²) in [5.41, 5.74) is 5.68. The predicted octanol–water partition coefficient (Wildman–Crippen LogP) is 3.19. The Hall–Kier alpha value is -0.180. The molecule has 2 N–H and O–H groups in total. The topological polar surface area (TPSA) is 26.0 Å². The molecule has 0 heterocycles. The second-order valence-electron chi connectivity index (χ2n) is 6.26. The minimum Gasteiger partial charge on any atom is -0.325 e. The molecule has 1 aliphatic carbocycles. The summed E-state index contributed by atoms with van der Waals surface area (Å²) >= 11 is 0. The van der Waals surface area contributed by atoms with Gasteiger partial charge in [0, 0.05) is 17.9 Å². The van der Waals surface area contributed by atoms with Crippen molar-refractivity contribution in [2.75, 3.05) is 0 Å². The summed E-state index contributed by atoms with van der Waals surface area (Å²) in [7, 11) is 0. The first kappa shape index (κ1) is 11.9. The van der Waals surface area contributed by atoms with E-state index in [4.69, 9.17) is 5.73 Å². The maximum atomic E-state index is 12.7. The van der Waals surface area contributed by atoms with Gasteiger partial charge in [0.1, 0.15) is 0 Å². The Kier molecular flexibility index (Phi) is 2.68. The van der Waals surface area contributed by atoms with Crippen molar-refractivity contribution in [2.24, 2.45) is 17.1 Å². The SMILES string of the molecule is CC(C)(C)CC(C)(N)CC1CC1(F)F. The predicted molar refractivity (Wildman–Crippen MR) is 54.3 cm³/mol. The lowest BCUT2D eigenvalue weighted by Gasteiger charge is -2.32. The summed E-state index contributed by atoms with van der Waals surface area (Å²) in [4.78, 5) is 0. The molecular formula is C11H21F2N. The molecule has 84 valence electrons. The number of nitrogens with two attached hydrogens (primary N) is 1. The summed E-state index contributed by atoms with van der Waals surface area (Å²) in [5, 5.41) is 0. The zero-order chi connectivity index (χ0) is 11.2. The molecule has 0 radical (unpaired) electrons. The van der Waals surface area contributed by atoms with E-state index in [1.54, 1.807) is 0 Å². The van der Waals surface area contributed by atoms with E-state index in [1.807, 2.05) is 6.92 Å². The molecule has 3 heteroatoms. The van der Waals surface area contributed by atoms with Crippen LogP contribution in [0.25, 0.3) is 0 Å². The first-order valence-electron chi connectivity index (χ1n) is 5.19. The van der Waals surface area contributed by atoms with Crippen LogP contribution in [0.2, 0.25) is 0 Å². The Morgan fingerprint density at radius 3 is 2.00 bits per heavy atom. The summed E-state index contributed by atoms with van der Waals surface area (Å²) in [6, 6.07) is 0. The molecule has 1 saturated carbocycles. The normalized spacial score (nSPS) is 29.8. The van der Waals surface area contributed by atoms with Gasteiger partial charge < -0.3 is 5.73 Å². The highest BCUT2D eigenvalue weighted by atomic mass is 19.3. The average Bonchev–Trinajstić information content (AvgIpc) is 2.28. The van der Waals surface area contributed by atoms with E-state index in [1.165, 1.54) is 0 Å². The highest BCUT2D eigenvalue weighted by Gasteiger charge is 2.58. The van der Waals surface area contributed by atoms with Crippen LogP contribution in [0.1, 0.15) is 47.0 Å². The third-order valence-corrected chi connectivity index (χ3v) is 2.60. The molecule has 1 fully saturated rings. The van der Waals surface area contributed by atoms with Crippen molar-refractivity contribution in [3.8, 4) is 0 Å². The maximum Gasteiger partial charge on any atom is 0.251 e. The van der Waals surface area contributed by atoms with Crippen LogP contribution in [0.3, 0.4) is 0 Å². The van der Waals surface area contributed by atoms with Gasteiger partial charge >= 0.3 is 0 Å². The van der Waals surface area contributed by atoms with Crippen LogP contribution in [-0.2, 0) is 0 Å². The first-order chi connectivity index (χ1) is 6.02. The van der Waals surface area contributed by atoms with E-state index >= 15 is 0 Å². The standard InChI is InChI=1S/C11H21F2N/c1-9(2,3)7-10(4,14)5-8-6-11(8,12)13/h8H,5-7,14H2,1-4H3. The van der Waals surface area contributed by atoms with Crippen molar-refractivity contribution in [2.45, 2.75) is 58.4 Å². The molecule has 1 aliphatic rings. The van der Waals surface area contributed by atoms with E-state index in [0.717, 1.165) is 6.42 Å². The Labute approximate surface area is 85.1 Å². The minimum atomic E-state index is -2.43. The second kappa shape index (κ2) is 3.16. The zero-order valence-corrected chi connectivity index (χ0v) is 9.53. The van der Waals surface area contributed by atoms with Crippen LogP contribution in [-0.4, -0.2) is 11.5 Å². The molecule has 0 spiro atoms. The van der Waals surface area contributed by atoms with Crippen molar-refractivity contribution >= 4 is 0 Å². The number of halogens is 2. The lowest BCUT2D eigenvalue weighted by molar-refractivity contribution is 0.0884. The smallest absolute Gasteiger partial charge is 0.251 e.